The molecule has 1 heterocycles. The Morgan fingerprint density at radius 3 is 3.06 bits per heavy atom. The molecule has 0 aromatic heterocycles. The Bertz CT molecular complexity index is 422. The van der Waals surface area contributed by atoms with E-state index in [1.807, 2.05) is 18.2 Å². The Labute approximate surface area is 113 Å². The molecule has 3 nitrogen and oxygen atoms in total. The zero-order valence-corrected chi connectivity index (χ0v) is 11.5. The van der Waals surface area contributed by atoms with Gasteiger partial charge >= 0.3 is 0 Å². The van der Waals surface area contributed by atoms with Crippen molar-refractivity contribution in [3.8, 4) is 0 Å². The number of para-hydroxylation sites is 1. The van der Waals surface area contributed by atoms with E-state index in [4.69, 9.17) is 5.73 Å². The molecule has 1 amide bonds. The van der Waals surface area contributed by atoms with E-state index in [0.717, 1.165) is 30.7 Å². The zero-order valence-electron chi connectivity index (χ0n) is 10.7. The fraction of sp³-hybridized carbons (Fsp3) is 0.500. The van der Waals surface area contributed by atoms with Crippen LogP contribution in [-0.4, -0.2) is 23.0 Å². The Balaban J connectivity index is 1.99. The van der Waals surface area contributed by atoms with Crippen molar-refractivity contribution in [3.05, 3.63) is 29.8 Å². The number of amides is 1. The van der Waals surface area contributed by atoms with Crippen LogP contribution in [0.2, 0.25) is 0 Å². The molecule has 2 atom stereocenters. The molecular weight excluding hydrogens is 244 g/mol. The van der Waals surface area contributed by atoms with Crippen molar-refractivity contribution in [1.82, 2.24) is 0 Å². The first-order valence-corrected chi connectivity index (χ1v) is 7.51. The minimum Gasteiger partial charge on any atom is -0.327 e. The molecule has 0 aliphatic carbocycles. The van der Waals surface area contributed by atoms with Crippen molar-refractivity contribution in [2.24, 2.45) is 5.73 Å². The summed E-state index contributed by atoms with van der Waals surface area (Å²) < 4.78 is 0. The van der Waals surface area contributed by atoms with Crippen LogP contribution in [0.3, 0.4) is 0 Å². The van der Waals surface area contributed by atoms with E-state index in [0.29, 0.717) is 0 Å². The molecular formula is C14H20N2OS. The van der Waals surface area contributed by atoms with Crippen molar-refractivity contribution in [2.75, 3.05) is 11.1 Å². The van der Waals surface area contributed by atoms with Crippen molar-refractivity contribution < 1.29 is 4.79 Å². The lowest BCUT2D eigenvalue weighted by molar-refractivity contribution is -0.115. The SMILES string of the molecule is CCC(N)CSC1CCc2ccccc2NC1=O. The summed E-state index contributed by atoms with van der Waals surface area (Å²) in [7, 11) is 0. The number of benzene rings is 1. The molecule has 0 saturated heterocycles. The van der Waals surface area contributed by atoms with E-state index in [1.54, 1.807) is 11.8 Å². The highest BCUT2D eigenvalue weighted by Crippen LogP contribution is 2.27. The van der Waals surface area contributed by atoms with Gasteiger partial charge in [-0.2, -0.15) is 0 Å². The van der Waals surface area contributed by atoms with Gasteiger partial charge in [-0.1, -0.05) is 25.1 Å². The third-order valence-electron chi connectivity index (χ3n) is 3.28. The summed E-state index contributed by atoms with van der Waals surface area (Å²) in [6.07, 6.45) is 2.81. The predicted molar refractivity (Wildman–Crippen MR) is 77.9 cm³/mol. The summed E-state index contributed by atoms with van der Waals surface area (Å²) in [5.41, 5.74) is 8.10. The highest BCUT2D eigenvalue weighted by atomic mass is 32.2. The number of rotatable bonds is 4. The lowest BCUT2D eigenvalue weighted by Gasteiger charge is -2.15. The van der Waals surface area contributed by atoms with Crippen molar-refractivity contribution in [3.63, 3.8) is 0 Å². The van der Waals surface area contributed by atoms with Gasteiger partial charge in [-0.05, 0) is 30.9 Å². The van der Waals surface area contributed by atoms with Gasteiger partial charge in [0, 0.05) is 17.5 Å². The Kier molecular flexibility index (Phi) is 4.66. The smallest absolute Gasteiger partial charge is 0.237 e. The maximum Gasteiger partial charge on any atom is 0.237 e. The summed E-state index contributed by atoms with van der Waals surface area (Å²) in [5, 5.41) is 3.04. The van der Waals surface area contributed by atoms with E-state index in [2.05, 4.69) is 18.3 Å². The average molecular weight is 264 g/mol. The highest BCUT2D eigenvalue weighted by molar-refractivity contribution is 8.00. The molecule has 98 valence electrons. The van der Waals surface area contributed by atoms with Crippen LogP contribution in [0, 0.1) is 0 Å². The number of hydrogen-bond donors (Lipinski definition) is 2. The van der Waals surface area contributed by atoms with Crippen LogP contribution < -0.4 is 11.1 Å². The standard InChI is InChI=1S/C14H20N2OS/c1-2-11(15)9-18-13-8-7-10-5-3-4-6-12(10)16-14(13)17/h3-6,11,13H,2,7-9,15H2,1H3,(H,16,17). The molecule has 4 heteroatoms. The maximum absolute atomic E-state index is 12.1. The van der Waals surface area contributed by atoms with Crippen LogP contribution in [-0.2, 0) is 11.2 Å². The Morgan fingerprint density at radius 1 is 1.50 bits per heavy atom. The second kappa shape index (κ2) is 6.25. The molecule has 3 N–H and O–H groups in total. The van der Waals surface area contributed by atoms with Gasteiger partial charge in [0.1, 0.15) is 0 Å². The molecule has 0 bridgehead atoms. The largest absolute Gasteiger partial charge is 0.327 e. The van der Waals surface area contributed by atoms with Crippen LogP contribution in [0.15, 0.2) is 24.3 Å². The lowest BCUT2D eigenvalue weighted by Crippen LogP contribution is -2.28. The van der Waals surface area contributed by atoms with Gasteiger partial charge in [-0.15, -0.1) is 11.8 Å². The molecule has 2 rings (SSSR count). The summed E-state index contributed by atoms with van der Waals surface area (Å²) in [6, 6.07) is 8.22. The number of carbonyl (C=O) groups excluding carboxylic acids is 1. The van der Waals surface area contributed by atoms with Crippen LogP contribution in [0.25, 0.3) is 0 Å². The molecule has 1 aliphatic rings. The van der Waals surface area contributed by atoms with E-state index in [-0.39, 0.29) is 17.2 Å². The zero-order chi connectivity index (χ0) is 13.0. The van der Waals surface area contributed by atoms with Gasteiger partial charge in [0.2, 0.25) is 5.91 Å². The Hall–Kier alpha value is -1.00. The van der Waals surface area contributed by atoms with Crippen LogP contribution in [0.5, 0.6) is 0 Å². The molecule has 1 aromatic rings. The monoisotopic (exact) mass is 264 g/mol. The van der Waals surface area contributed by atoms with Crippen molar-refractivity contribution in [2.45, 2.75) is 37.5 Å². The topological polar surface area (TPSA) is 55.1 Å². The second-order valence-corrected chi connectivity index (χ2v) is 5.91. The van der Waals surface area contributed by atoms with Crippen LogP contribution >= 0.6 is 11.8 Å². The number of nitrogens with two attached hydrogens (primary N) is 1. The molecule has 0 saturated carbocycles. The molecule has 0 radical (unpaired) electrons. The molecule has 0 fully saturated rings. The fourth-order valence-corrected chi connectivity index (χ4v) is 3.22. The fourth-order valence-electron chi connectivity index (χ4n) is 2.01. The van der Waals surface area contributed by atoms with Gasteiger partial charge in [0.25, 0.3) is 0 Å². The van der Waals surface area contributed by atoms with Gasteiger partial charge in [0.05, 0.1) is 5.25 Å². The first-order valence-electron chi connectivity index (χ1n) is 6.46. The first-order chi connectivity index (χ1) is 8.70. The van der Waals surface area contributed by atoms with Crippen molar-refractivity contribution in [1.29, 1.82) is 0 Å². The number of carbonyl (C=O) groups is 1. The number of anilines is 1. The number of aryl methyl sites for hydroxylation is 1. The van der Waals surface area contributed by atoms with Crippen LogP contribution in [0.4, 0.5) is 5.69 Å². The average Bonchev–Trinajstić information content (AvgIpc) is 2.54. The van der Waals surface area contributed by atoms with E-state index >= 15 is 0 Å². The van der Waals surface area contributed by atoms with E-state index in [1.165, 1.54) is 5.56 Å². The molecule has 1 aromatic carbocycles. The summed E-state index contributed by atoms with van der Waals surface area (Å²) >= 11 is 1.69. The predicted octanol–water partition coefficient (Wildman–Crippen LogP) is 2.41. The molecule has 1 aliphatic heterocycles. The third kappa shape index (κ3) is 3.27. The molecule has 18 heavy (non-hydrogen) atoms. The summed E-state index contributed by atoms with van der Waals surface area (Å²) in [4.78, 5) is 12.1. The minimum atomic E-state index is 0.0231. The summed E-state index contributed by atoms with van der Waals surface area (Å²) in [5.74, 6) is 0.971. The second-order valence-electron chi connectivity index (χ2n) is 4.68. The molecule has 0 spiro atoms. The highest BCUT2D eigenvalue weighted by Gasteiger charge is 2.24. The summed E-state index contributed by atoms with van der Waals surface area (Å²) in [6.45, 7) is 2.08. The Morgan fingerprint density at radius 2 is 2.28 bits per heavy atom. The van der Waals surface area contributed by atoms with Gasteiger partial charge in [-0.3, -0.25) is 4.79 Å². The third-order valence-corrected chi connectivity index (χ3v) is 4.75. The van der Waals surface area contributed by atoms with Gasteiger partial charge in [0.15, 0.2) is 0 Å². The lowest BCUT2D eigenvalue weighted by atomic mass is 10.1. The minimum absolute atomic E-state index is 0.0231. The van der Waals surface area contributed by atoms with E-state index in [9.17, 15) is 4.79 Å². The number of thioether (sulfide) groups is 1. The normalized spacial score (nSPS) is 20.8. The van der Waals surface area contributed by atoms with Gasteiger partial charge < -0.3 is 11.1 Å². The van der Waals surface area contributed by atoms with Crippen molar-refractivity contribution >= 4 is 23.4 Å². The maximum atomic E-state index is 12.1. The first kappa shape index (κ1) is 13.4. The van der Waals surface area contributed by atoms with Gasteiger partial charge in [-0.25, -0.2) is 0 Å². The number of nitrogens with one attached hydrogen (secondary N) is 1. The quantitative estimate of drug-likeness (QED) is 0.878. The van der Waals surface area contributed by atoms with E-state index < -0.39 is 0 Å². The number of hydrogen-bond acceptors (Lipinski definition) is 3. The molecule has 2 unspecified atom stereocenters. The number of fused-ring (bicyclic) bond motifs is 1. The van der Waals surface area contributed by atoms with Crippen LogP contribution in [0.1, 0.15) is 25.3 Å².